The SMILES string of the molecule is CCN1CCCCC1CNC(=NC)NCc1ccc(COCC(F)(F)F)cc1. The highest BCUT2D eigenvalue weighted by Gasteiger charge is 2.27. The van der Waals surface area contributed by atoms with Gasteiger partial charge in [-0.2, -0.15) is 13.2 Å². The molecular formula is C20H31F3N4O. The fraction of sp³-hybridized carbons (Fsp3) is 0.650. The van der Waals surface area contributed by atoms with Crippen molar-refractivity contribution in [3.8, 4) is 0 Å². The lowest BCUT2D eigenvalue weighted by atomic mass is 10.0. The van der Waals surface area contributed by atoms with Crippen molar-refractivity contribution in [2.75, 3.05) is 33.3 Å². The molecule has 158 valence electrons. The van der Waals surface area contributed by atoms with Gasteiger partial charge in [0, 0.05) is 26.2 Å². The summed E-state index contributed by atoms with van der Waals surface area (Å²) in [6.07, 6.45) is -0.545. The van der Waals surface area contributed by atoms with E-state index in [9.17, 15) is 13.2 Å². The number of nitrogens with zero attached hydrogens (tertiary/aromatic N) is 2. The molecule has 1 aliphatic heterocycles. The highest BCUT2D eigenvalue weighted by Crippen LogP contribution is 2.16. The predicted molar refractivity (Wildman–Crippen MR) is 105 cm³/mol. The molecule has 1 unspecified atom stereocenters. The van der Waals surface area contributed by atoms with Crippen LogP contribution in [-0.2, 0) is 17.9 Å². The van der Waals surface area contributed by atoms with Crippen LogP contribution in [0.5, 0.6) is 0 Å². The lowest BCUT2D eigenvalue weighted by Crippen LogP contribution is -2.48. The quantitative estimate of drug-likeness (QED) is 0.519. The van der Waals surface area contributed by atoms with Gasteiger partial charge in [-0.15, -0.1) is 0 Å². The van der Waals surface area contributed by atoms with Gasteiger partial charge in [0.2, 0.25) is 0 Å². The van der Waals surface area contributed by atoms with E-state index >= 15 is 0 Å². The molecule has 2 rings (SSSR count). The molecular weight excluding hydrogens is 369 g/mol. The Bertz CT molecular complexity index is 604. The smallest absolute Gasteiger partial charge is 0.367 e. The van der Waals surface area contributed by atoms with Gasteiger partial charge in [0.25, 0.3) is 0 Å². The fourth-order valence-electron chi connectivity index (χ4n) is 3.37. The lowest BCUT2D eigenvalue weighted by Gasteiger charge is -2.35. The van der Waals surface area contributed by atoms with Crippen molar-refractivity contribution in [1.29, 1.82) is 0 Å². The Balaban J connectivity index is 1.73. The summed E-state index contributed by atoms with van der Waals surface area (Å²) in [6.45, 7) is 4.60. The summed E-state index contributed by atoms with van der Waals surface area (Å²) >= 11 is 0. The second-order valence-corrected chi connectivity index (χ2v) is 7.01. The van der Waals surface area contributed by atoms with Crippen molar-refractivity contribution in [2.24, 2.45) is 4.99 Å². The van der Waals surface area contributed by atoms with Crippen LogP contribution in [0.25, 0.3) is 0 Å². The number of hydrogen-bond acceptors (Lipinski definition) is 3. The van der Waals surface area contributed by atoms with Crippen LogP contribution in [0, 0.1) is 0 Å². The average molecular weight is 400 g/mol. The summed E-state index contributed by atoms with van der Waals surface area (Å²) in [5.74, 6) is 0.749. The Labute approximate surface area is 165 Å². The van der Waals surface area contributed by atoms with Crippen molar-refractivity contribution in [1.82, 2.24) is 15.5 Å². The van der Waals surface area contributed by atoms with E-state index < -0.39 is 12.8 Å². The lowest BCUT2D eigenvalue weighted by molar-refractivity contribution is -0.176. The molecule has 5 nitrogen and oxygen atoms in total. The molecule has 1 atom stereocenters. The minimum atomic E-state index is -4.29. The largest absolute Gasteiger partial charge is 0.411 e. The third-order valence-corrected chi connectivity index (χ3v) is 4.90. The maximum Gasteiger partial charge on any atom is 0.411 e. The Morgan fingerprint density at radius 1 is 1.18 bits per heavy atom. The Morgan fingerprint density at radius 3 is 2.54 bits per heavy atom. The van der Waals surface area contributed by atoms with Crippen LogP contribution in [0.4, 0.5) is 13.2 Å². The van der Waals surface area contributed by atoms with E-state index in [0.717, 1.165) is 31.2 Å². The van der Waals surface area contributed by atoms with E-state index in [1.54, 1.807) is 19.2 Å². The molecule has 1 aromatic carbocycles. The summed E-state index contributed by atoms with van der Waals surface area (Å²) in [7, 11) is 1.74. The number of ether oxygens (including phenoxy) is 1. The molecule has 1 heterocycles. The molecule has 28 heavy (non-hydrogen) atoms. The number of halogens is 3. The summed E-state index contributed by atoms with van der Waals surface area (Å²) < 4.78 is 41.0. The Kier molecular flexibility index (Phi) is 9.05. The number of likely N-dealkylation sites (N-methyl/N-ethyl adjacent to an activating group) is 1. The van der Waals surface area contributed by atoms with E-state index in [2.05, 4.69) is 32.2 Å². The standard InChI is InChI=1S/C20H31F3N4O/c1-3-27-11-5-4-6-18(27)13-26-19(24-2)25-12-16-7-9-17(10-8-16)14-28-15-20(21,22)23/h7-10,18H,3-6,11-15H2,1-2H3,(H2,24,25,26). The molecule has 0 bridgehead atoms. The minimum Gasteiger partial charge on any atom is -0.367 e. The van der Waals surface area contributed by atoms with E-state index in [1.807, 2.05) is 12.1 Å². The molecule has 0 saturated carbocycles. The normalized spacial score (nSPS) is 18.9. The first-order valence-corrected chi connectivity index (χ1v) is 9.82. The third-order valence-electron chi connectivity index (χ3n) is 4.90. The molecule has 0 radical (unpaired) electrons. The summed E-state index contributed by atoms with van der Waals surface area (Å²) in [5, 5.41) is 6.68. The Morgan fingerprint density at radius 2 is 1.89 bits per heavy atom. The second-order valence-electron chi connectivity index (χ2n) is 7.01. The molecule has 0 aliphatic carbocycles. The van der Waals surface area contributed by atoms with Crippen LogP contribution < -0.4 is 10.6 Å². The van der Waals surface area contributed by atoms with Gasteiger partial charge in [-0.05, 0) is 37.1 Å². The van der Waals surface area contributed by atoms with Gasteiger partial charge in [0.1, 0.15) is 6.61 Å². The number of nitrogens with one attached hydrogen (secondary N) is 2. The maximum absolute atomic E-state index is 12.1. The molecule has 0 amide bonds. The fourth-order valence-corrected chi connectivity index (χ4v) is 3.37. The first-order chi connectivity index (χ1) is 13.4. The summed E-state index contributed by atoms with van der Waals surface area (Å²) in [4.78, 5) is 6.77. The average Bonchev–Trinajstić information content (AvgIpc) is 2.68. The molecule has 1 saturated heterocycles. The Hall–Kier alpha value is -1.80. The van der Waals surface area contributed by atoms with Gasteiger partial charge >= 0.3 is 6.18 Å². The molecule has 8 heteroatoms. The molecule has 1 fully saturated rings. The number of benzene rings is 1. The van der Waals surface area contributed by atoms with Crippen molar-refractivity contribution >= 4 is 5.96 Å². The zero-order valence-electron chi connectivity index (χ0n) is 16.7. The van der Waals surface area contributed by atoms with Gasteiger partial charge in [0.15, 0.2) is 5.96 Å². The highest BCUT2D eigenvalue weighted by atomic mass is 19.4. The van der Waals surface area contributed by atoms with Crippen molar-refractivity contribution in [3.05, 3.63) is 35.4 Å². The second kappa shape index (κ2) is 11.3. The van der Waals surface area contributed by atoms with Crippen molar-refractivity contribution in [3.63, 3.8) is 0 Å². The molecule has 2 N–H and O–H groups in total. The van der Waals surface area contributed by atoms with Crippen LogP contribution >= 0.6 is 0 Å². The highest BCUT2D eigenvalue weighted by molar-refractivity contribution is 5.79. The van der Waals surface area contributed by atoms with Crippen LogP contribution in [0.1, 0.15) is 37.3 Å². The number of rotatable bonds is 8. The third kappa shape index (κ3) is 8.06. The number of piperidine rings is 1. The topological polar surface area (TPSA) is 48.9 Å². The van der Waals surface area contributed by atoms with E-state index in [-0.39, 0.29) is 6.61 Å². The maximum atomic E-state index is 12.1. The van der Waals surface area contributed by atoms with Crippen LogP contribution in [0.15, 0.2) is 29.3 Å². The van der Waals surface area contributed by atoms with Gasteiger partial charge in [-0.1, -0.05) is 37.6 Å². The van der Waals surface area contributed by atoms with Gasteiger partial charge in [0.05, 0.1) is 6.61 Å². The number of guanidine groups is 1. The zero-order chi connectivity index (χ0) is 20.4. The van der Waals surface area contributed by atoms with Gasteiger partial charge in [-0.3, -0.25) is 9.89 Å². The summed E-state index contributed by atoms with van der Waals surface area (Å²) in [5.41, 5.74) is 1.74. The molecule has 0 aromatic heterocycles. The number of hydrogen-bond donors (Lipinski definition) is 2. The minimum absolute atomic E-state index is 0.0498. The van der Waals surface area contributed by atoms with Gasteiger partial charge < -0.3 is 15.4 Å². The van der Waals surface area contributed by atoms with E-state index in [1.165, 1.54) is 19.3 Å². The van der Waals surface area contributed by atoms with Crippen molar-refractivity contribution in [2.45, 2.75) is 51.6 Å². The van der Waals surface area contributed by atoms with Gasteiger partial charge in [-0.25, -0.2) is 0 Å². The van der Waals surface area contributed by atoms with E-state index in [0.29, 0.717) is 18.2 Å². The first-order valence-electron chi connectivity index (χ1n) is 9.82. The number of aliphatic imine (C=N–C) groups is 1. The van der Waals surface area contributed by atoms with Crippen LogP contribution in [0.2, 0.25) is 0 Å². The predicted octanol–water partition coefficient (Wildman–Crippen LogP) is 3.30. The number of likely N-dealkylation sites (tertiary alicyclic amines) is 1. The van der Waals surface area contributed by atoms with Crippen LogP contribution in [0.3, 0.4) is 0 Å². The molecule has 1 aromatic rings. The van der Waals surface area contributed by atoms with Crippen LogP contribution in [-0.4, -0.2) is 56.4 Å². The number of alkyl halides is 3. The molecule has 0 spiro atoms. The van der Waals surface area contributed by atoms with E-state index in [4.69, 9.17) is 0 Å². The summed E-state index contributed by atoms with van der Waals surface area (Å²) in [6, 6.07) is 7.86. The monoisotopic (exact) mass is 400 g/mol. The zero-order valence-corrected chi connectivity index (χ0v) is 16.7. The first kappa shape index (κ1) is 22.5. The van der Waals surface area contributed by atoms with Crippen molar-refractivity contribution < 1.29 is 17.9 Å². The molecule has 1 aliphatic rings.